The highest BCUT2D eigenvalue weighted by atomic mass is 16.2. The van der Waals surface area contributed by atoms with E-state index >= 15 is 0 Å². The summed E-state index contributed by atoms with van der Waals surface area (Å²) in [6.07, 6.45) is 5.08. The van der Waals surface area contributed by atoms with Crippen LogP contribution < -0.4 is 11.1 Å². The van der Waals surface area contributed by atoms with Gasteiger partial charge in [-0.3, -0.25) is 9.78 Å². The summed E-state index contributed by atoms with van der Waals surface area (Å²) in [6.45, 7) is 7.72. The normalized spacial score (nSPS) is 13.2. The molecule has 0 saturated carbocycles. The largest absolute Gasteiger partial charge is 0.327 e. The summed E-state index contributed by atoms with van der Waals surface area (Å²) in [5, 5.41) is 2.95. The Bertz CT molecular complexity index is 410. The van der Waals surface area contributed by atoms with Crippen LogP contribution in [-0.2, 0) is 11.2 Å². The molecule has 1 unspecified atom stereocenters. The maximum absolute atomic E-state index is 12.0. The van der Waals surface area contributed by atoms with Crippen LogP contribution in [0.2, 0.25) is 0 Å². The standard InChI is InChI=1S/C14H23N3O/c1-5-11(15)8-10-9-16-7-6-12(10)17-13(18)14(2,3)4/h6-7,9,11H,5,8,15H2,1-4H3,(H,16,17,18). The lowest BCUT2D eigenvalue weighted by molar-refractivity contribution is -0.123. The van der Waals surface area contributed by atoms with Gasteiger partial charge in [-0.1, -0.05) is 27.7 Å². The van der Waals surface area contributed by atoms with E-state index in [1.165, 1.54) is 0 Å². The summed E-state index contributed by atoms with van der Waals surface area (Å²) in [4.78, 5) is 16.1. The second-order valence-electron chi connectivity index (χ2n) is 5.61. The average molecular weight is 249 g/mol. The van der Waals surface area contributed by atoms with E-state index in [1.54, 1.807) is 12.4 Å². The highest BCUT2D eigenvalue weighted by molar-refractivity contribution is 5.95. The van der Waals surface area contributed by atoms with Crippen LogP contribution in [0, 0.1) is 5.41 Å². The molecular weight excluding hydrogens is 226 g/mol. The third kappa shape index (κ3) is 4.11. The number of pyridine rings is 1. The lowest BCUT2D eigenvalue weighted by atomic mass is 9.95. The number of amides is 1. The van der Waals surface area contributed by atoms with Gasteiger partial charge in [0.15, 0.2) is 0 Å². The fourth-order valence-corrected chi connectivity index (χ4v) is 1.45. The first-order valence-corrected chi connectivity index (χ1v) is 6.34. The van der Waals surface area contributed by atoms with Gasteiger partial charge >= 0.3 is 0 Å². The van der Waals surface area contributed by atoms with E-state index in [2.05, 4.69) is 17.2 Å². The molecule has 1 atom stereocenters. The summed E-state index contributed by atoms with van der Waals surface area (Å²) in [7, 11) is 0. The summed E-state index contributed by atoms with van der Waals surface area (Å²) in [5.74, 6) is 0.0000184. The Balaban J connectivity index is 2.86. The monoisotopic (exact) mass is 249 g/mol. The molecular formula is C14H23N3O. The smallest absolute Gasteiger partial charge is 0.229 e. The number of hydrogen-bond acceptors (Lipinski definition) is 3. The van der Waals surface area contributed by atoms with E-state index in [1.807, 2.05) is 26.8 Å². The first kappa shape index (κ1) is 14.6. The van der Waals surface area contributed by atoms with Crippen LogP contribution in [0.15, 0.2) is 18.5 Å². The summed E-state index contributed by atoms with van der Waals surface area (Å²) >= 11 is 0. The fourth-order valence-electron chi connectivity index (χ4n) is 1.45. The molecule has 4 heteroatoms. The van der Waals surface area contributed by atoms with Crippen molar-refractivity contribution in [2.24, 2.45) is 11.1 Å². The van der Waals surface area contributed by atoms with E-state index < -0.39 is 5.41 Å². The van der Waals surface area contributed by atoms with E-state index in [0.29, 0.717) is 0 Å². The molecule has 0 aromatic carbocycles. The predicted octanol–water partition coefficient (Wildman–Crippen LogP) is 2.35. The number of carbonyl (C=O) groups excluding carboxylic acids is 1. The van der Waals surface area contributed by atoms with Crippen molar-refractivity contribution < 1.29 is 4.79 Å². The molecule has 0 spiro atoms. The third-order valence-corrected chi connectivity index (χ3v) is 2.84. The molecule has 0 radical (unpaired) electrons. The Morgan fingerprint density at radius 3 is 2.72 bits per heavy atom. The van der Waals surface area contributed by atoms with Crippen LogP contribution in [0.3, 0.4) is 0 Å². The molecule has 0 aliphatic heterocycles. The van der Waals surface area contributed by atoms with Gasteiger partial charge in [-0.15, -0.1) is 0 Å². The van der Waals surface area contributed by atoms with Gasteiger partial charge in [0.25, 0.3) is 0 Å². The molecule has 0 saturated heterocycles. The van der Waals surface area contributed by atoms with Crippen molar-refractivity contribution >= 4 is 11.6 Å². The van der Waals surface area contributed by atoms with Gasteiger partial charge in [0.05, 0.1) is 0 Å². The summed E-state index contributed by atoms with van der Waals surface area (Å²) < 4.78 is 0. The molecule has 1 amide bonds. The van der Waals surface area contributed by atoms with E-state index in [-0.39, 0.29) is 11.9 Å². The maximum atomic E-state index is 12.0. The average Bonchev–Trinajstić information content (AvgIpc) is 2.30. The second-order valence-corrected chi connectivity index (χ2v) is 5.61. The molecule has 4 nitrogen and oxygen atoms in total. The highest BCUT2D eigenvalue weighted by Gasteiger charge is 2.22. The molecule has 18 heavy (non-hydrogen) atoms. The van der Waals surface area contributed by atoms with Gasteiger partial charge in [0, 0.05) is 29.5 Å². The quantitative estimate of drug-likeness (QED) is 0.860. The van der Waals surface area contributed by atoms with Crippen molar-refractivity contribution in [3.05, 3.63) is 24.0 Å². The Kier molecular flexibility index (Phi) is 4.84. The molecule has 0 aliphatic carbocycles. The van der Waals surface area contributed by atoms with Crippen LogP contribution in [0.1, 0.15) is 39.7 Å². The molecule has 1 aromatic rings. The predicted molar refractivity (Wildman–Crippen MR) is 74.3 cm³/mol. The van der Waals surface area contributed by atoms with Gasteiger partial charge in [-0.25, -0.2) is 0 Å². The van der Waals surface area contributed by atoms with Crippen molar-refractivity contribution in [2.45, 2.75) is 46.6 Å². The second kappa shape index (κ2) is 5.96. The number of nitrogens with one attached hydrogen (secondary N) is 1. The third-order valence-electron chi connectivity index (χ3n) is 2.84. The van der Waals surface area contributed by atoms with Crippen LogP contribution >= 0.6 is 0 Å². The Hall–Kier alpha value is -1.42. The highest BCUT2D eigenvalue weighted by Crippen LogP contribution is 2.20. The molecule has 3 N–H and O–H groups in total. The van der Waals surface area contributed by atoms with Crippen LogP contribution in [0.25, 0.3) is 0 Å². The van der Waals surface area contributed by atoms with Gasteiger partial charge in [0.1, 0.15) is 0 Å². The topological polar surface area (TPSA) is 68.0 Å². The molecule has 1 aromatic heterocycles. The Morgan fingerprint density at radius 1 is 1.50 bits per heavy atom. The lowest BCUT2D eigenvalue weighted by Gasteiger charge is -2.20. The van der Waals surface area contributed by atoms with Crippen molar-refractivity contribution in [1.82, 2.24) is 4.98 Å². The zero-order valence-electron chi connectivity index (χ0n) is 11.7. The Labute approximate surface area is 109 Å². The zero-order valence-corrected chi connectivity index (χ0v) is 11.7. The number of hydrogen-bond donors (Lipinski definition) is 2. The van der Waals surface area contributed by atoms with Crippen LogP contribution in [0.4, 0.5) is 5.69 Å². The van der Waals surface area contributed by atoms with E-state index in [4.69, 9.17) is 5.73 Å². The summed E-state index contributed by atoms with van der Waals surface area (Å²) in [6, 6.07) is 1.92. The number of anilines is 1. The zero-order chi connectivity index (χ0) is 13.8. The van der Waals surface area contributed by atoms with Gasteiger partial charge in [0.2, 0.25) is 5.91 Å². The first-order chi connectivity index (χ1) is 8.34. The molecule has 1 rings (SSSR count). The molecule has 0 bridgehead atoms. The van der Waals surface area contributed by atoms with Crippen molar-refractivity contribution in [3.8, 4) is 0 Å². The molecule has 0 fully saturated rings. The van der Waals surface area contributed by atoms with Gasteiger partial charge in [-0.2, -0.15) is 0 Å². The summed E-state index contributed by atoms with van der Waals surface area (Å²) in [5.41, 5.74) is 7.34. The number of nitrogens with zero attached hydrogens (tertiary/aromatic N) is 1. The van der Waals surface area contributed by atoms with E-state index in [0.717, 1.165) is 24.1 Å². The fraction of sp³-hybridized carbons (Fsp3) is 0.571. The number of carbonyl (C=O) groups is 1. The lowest BCUT2D eigenvalue weighted by Crippen LogP contribution is -2.29. The first-order valence-electron chi connectivity index (χ1n) is 6.34. The van der Waals surface area contributed by atoms with E-state index in [9.17, 15) is 4.79 Å². The SMILES string of the molecule is CCC(N)Cc1cnccc1NC(=O)C(C)(C)C. The van der Waals surface area contributed by atoms with Crippen LogP contribution in [0.5, 0.6) is 0 Å². The molecule has 100 valence electrons. The minimum absolute atomic E-state index is 0.0000184. The molecule has 0 aliphatic rings. The minimum Gasteiger partial charge on any atom is -0.327 e. The van der Waals surface area contributed by atoms with Crippen LogP contribution in [-0.4, -0.2) is 16.9 Å². The number of aromatic nitrogens is 1. The van der Waals surface area contributed by atoms with Gasteiger partial charge in [-0.05, 0) is 24.5 Å². The number of rotatable bonds is 4. The van der Waals surface area contributed by atoms with Crippen molar-refractivity contribution in [1.29, 1.82) is 0 Å². The maximum Gasteiger partial charge on any atom is 0.229 e. The van der Waals surface area contributed by atoms with Gasteiger partial charge < -0.3 is 11.1 Å². The van der Waals surface area contributed by atoms with Crippen molar-refractivity contribution in [3.63, 3.8) is 0 Å². The molecule has 1 heterocycles. The Morgan fingerprint density at radius 2 is 2.17 bits per heavy atom. The number of nitrogens with two attached hydrogens (primary N) is 1. The van der Waals surface area contributed by atoms with Crippen molar-refractivity contribution in [2.75, 3.05) is 5.32 Å². The minimum atomic E-state index is -0.409.